The van der Waals surface area contributed by atoms with Gasteiger partial charge in [-0.2, -0.15) is 0 Å². The van der Waals surface area contributed by atoms with Crippen molar-refractivity contribution in [2.75, 3.05) is 6.54 Å². The van der Waals surface area contributed by atoms with E-state index in [0.29, 0.717) is 23.0 Å². The summed E-state index contributed by atoms with van der Waals surface area (Å²) in [6.45, 7) is 2.15. The molecule has 1 fully saturated rings. The Hall–Kier alpha value is -1.79. The summed E-state index contributed by atoms with van der Waals surface area (Å²) in [5.41, 5.74) is 0.940. The highest BCUT2D eigenvalue weighted by Gasteiger charge is 2.33. The Morgan fingerprint density at radius 2 is 2.09 bits per heavy atom. The number of amides is 2. The van der Waals surface area contributed by atoms with Gasteiger partial charge >= 0.3 is 0 Å². The number of carbonyl (C=O) groups excluding carboxylic acids is 2. The van der Waals surface area contributed by atoms with Gasteiger partial charge in [-0.15, -0.1) is 0 Å². The number of thioether (sulfide) groups is 1. The summed E-state index contributed by atoms with van der Waals surface area (Å²) in [7, 11) is 0. The van der Waals surface area contributed by atoms with Crippen molar-refractivity contribution in [3.8, 4) is 11.3 Å². The summed E-state index contributed by atoms with van der Waals surface area (Å²) in [6, 6.07) is 11.4. The zero-order valence-corrected chi connectivity index (χ0v) is 14.1. The van der Waals surface area contributed by atoms with E-state index < -0.39 is 0 Å². The molecule has 2 heterocycles. The minimum Gasteiger partial charge on any atom is -0.457 e. The molecule has 3 rings (SSSR count). The second kappa shape index (κ2) is 6.14. The molecule has 1 aliphatic rings. The first-order chi connectivity index (χ1) is 10.6. The van der Waals surface area contributed by atoms with Crippen molar-refractivity contribution < 1.29 is 14.0 Å². The molecule has 0 bridgehead atoms. The first-order valence-corrected chi connectivity index (χ1v) is 8.30. The number of hydrogen-bond donors (Lipinski definition) is 0. The quantitative estimate of drug-likeness (QED) is 0.723. The third kappa shape index (κ3) is 2.89. The number of furan rings is 1. The number of carbonyl (C=O) groups is 2. The van der Waals surface area contributed by atoms with Crippen molar-refractivity contribution in [1.82, 2.24) is 4.90 Å². The molecule has 0 spiro atoms. The number of likely N-dealkylation sites (N-methyl/N-ethyl adjacent to an activating group) is 1. The molecule has 112 valence electrons. The smallest absolute Gasteiger partial charge is 0.293 e. The molecule has 1 aromatic heterocycles. The molecule has 6 heteroatoms. The van der Waals surface area contributed by atoms with Gasteiger partial charge in [-0.1, -0.05) is 28.1 Å². The maximum absolute atomic E-state index is 12.0. The molecular formula is C16H12BrNO3S. The molecule has 0 saturated carbocycles. The summed E-state index contributed by atoms with van der Waals surface area (Å²) < 4.78 is 6.71. The predicted octanol–water partition coefficient (Wildman–Crippen LogP) is 4.77. The zero-order valence-electron chi connectivity index (χ0n) is 11.7. The highest BCUT2D eigenvalue weighted by molar-refractivity contribution is 9.10. The number of nitrogens with zero attached hydrogens (tertiary/aromatic N) is 1. The van der Waals surface area contributed by atoms with Gasteiger partial charge in [-0.3, -0.25) is 14.5 Å². The lowest BCUT2D eigenvalue weighted by atomic mass is 10.2. The van der Waals surface area contributed by atoms with Crippen LogP contribution in [0, 0.1) is 0 Å². The molecule has 22 heavy (non-hydrogen) atoms. The molecule has 2 aromatic rings. The summed E-state index contributed by atoms with van der Waals surface area (Å²) in [5, 5.41) is -0.238. The number of halogens is 1. The van der Waals surface area contributed by atoms with Crippen molar-refractivity contribution in [1.29, 1.82) is 0 Å². The maximum atomic E-state index is 12.0. The van der Waals surface area contributed by atoms with Crippen molar-refractivity contribution in [2.24, 2.45) is 0 Å². The van der Waals surface area contributed by atoms with E-state index in [2.05, 4.69) is 15.9 Å². The summed E-state index contributed by atoms with van der Waals surface area (Å²) >= 11 is 4.36. The van der Waals surface area contributed by atoms with Gasteiger partial charge in [0.15, 0.2) is 0 Å². The van der Waals surface area contributed by atoms with Crippen LogP contribution in [0.15, 0.2) is 50.2 Å². The highest BCUT2D eigenvalue weighted by Crippen LogP contribution is 2.33. The number of benzene rings is 1. The van der Waals surface area contributed by atoms with E-state index in [9.17, 15) is 9.59 Å². The molecule has 0 N–H and O–H groups in total. The third-order valence-corrected chi connectivity index (χ3v) is 4.60. The van der Waals surface area contributed by atoms with E-state index in [1.165, 1.54) is 4.90 Å². The molecule has 0 aliphatic carbocycles. The lowest BCUT2D eigenvalue weighted by Crippen LogP contribution is -2.27. The lowest BCUT2D eigenvalue weighted by Gasteiger charge is -2.06. The fraction of sp³-hybridized carbons (Fsp3) is 0.125. The number of imide groups is 1. The Kier molecular flexibility index (Phi) is 4.22. The van der Waals surface area contributed by atoms with Gasteiger partial charge in [0.05, 0.1) is 4.91 Å². The van der Waals surface area contributed by atoms with Gasteiger partial charge < -0.3 is 4.42 Å². The van der Waals surface area contributed by atoms with Gasteiger partial charge in [0, 0.05) is 22.7 Å². The van der Waals surface area contributed by atoms with Crippen LogP contribution >= 0.6 is 27.7 Å². The minimum atomic E-state index is -0.266. The first kappa shape index (κ1) is 15.1. The summed E-state index contributed by atoms with van der Waals surface area (Å²) in [5.74, 6) is 0.997. The van der Waals surface area contributed by atoms with E-state index in [4.69, 9.17) is 4.42 Å². The van der Waals surface area contributed by atoms with E-state index in [-0.39, 0.29) is 11.1 Å². The second-order valence-electron chi connectivity index (χ2n) is 4.64. The molecule has 0 atom stereocenters. The van der Waals surface area contributed by atoms with Crippen LogP contribution in [0.3, 0.4) is 0 Å². The fourth-order valence-corrected chi connectivity index (χ4v) is 3.41. The van der Waals surface area contributed by atoms with Gasteiger partial charge in [0.2, 0.25) is 0 Å². The van der Waals surface area contributed by atoms with Crippen molar-refractivity contribution in [3.63, 3.8) is 0 Å². The second-order valence-corrected chi connectivity index (χ2v) is 6.55. The normalized spacial score (nSPS) is 16.8. The van der Waals surface area contributed by atoms with Crippen molar-refractivity contribution in [3.05, 3.63) is 51.5 Å². The van der Waals surface area contributed by atoms with E-state index >= 15 is 0 Å². The molecule has 4 nitrogen and oxygen atoms in total. The Morgan fingerprint density at radius 3 is 2.77 bits per heavy atom. The van der Waals surface area contributed by atoms with Gasteiger partial charge in [-0.05, 0) is 43.0 Å². The highest BCUT2D eigenvalue weighted by atomic mass is 79.9. The van der Waals surface area contributed by atoms with Crippen LogP contribution in [-0.4, -0.2) is 22.6 Å². The average Bonchev–Trinajstić information content (AvgIpc) is 3.05. The lowest BCUT2D eigenvalue weighted by molar-refractivity contribution is -0.122. The summed E-state index contributed by atoms with van der Waals surface area (Å²) in [4.78, 5) is 25.3. The van der Waals surface area contributed by atoms with Crippen molar-refractivity contribution >= 4 is 44.9 Å². The van der Waals surface area contributed by atoms with E-state index in [1.807, 2.05) is 30.3 Å². The molecule has 2 amide bonds. The average molecular weight is 378 g/mol. The number of rotatable bonds is 3. The molecule has 0 radical (unpaired) electrons. The molecule has 1 saturated heterocycles. The van der Waals surface area contributed by atoms with Gasteiger partial charge in [-0.25, -0.2) is 0 Å². The molecule has 1 aliphatic heterocycles. The largest absolute Gasteiger partial charge is 0.457 e. The minimum absolute atomic E-state index is 0.238. The Balaban J connectivity index is 1.88. The Morgan fingerprint density at radius 1 is 1.27 bits per heavy atom. The number of hydrogen-bond acceptors (Lipinski definition) is 4. The van der Waals surface area contributed by atoms with Crippen LogP contribution in [0.1, 0.15) is 12.7 Å². The SMILES string of the molecule is CCN1C(=O)S/C(=C/c2ccc(-c3cccc(Br)c3)o2)C1=O. The van der Waals surface area contributed by atoms with Crippen LogP contribution in [0.5, 0.6) is 0 Å². The van der Waals surface area contributed by atoms with Crippen molar-refractivity contribution in [2.45, 2.75) is 6.92 Å². The molecule has 0 unspecified atom stereocenters. The first-order valence-electron chi connectivity index (χ1n) is 6.69. The maximum Gasteiger partial charge on any atom is 0.293 e. The van der Waals surface area contributed by atoms with Gasteiger partial charge in [0.1, 0.15) is 11.5 Å². The van der Waals surface area contributed by atoms with Crippen LogP contribution in [0.25, 0.3) is 17.4 Å². The third-order valence-electron chi connectivity index (χ3n) is 3.20. The van der Waals surface area contributed by atoms with Crippen LogP contribution in [0.2, 0.25) is 0 Å². The van der Waals surface area contributed by atoms with Crippen LogP contribution in [-0.2, 0) is 4.79 Å². The van der Waals surface area contributed by atoms with Gasteiger partial charge in [0.25, 0.3) is 11.1 Å². The summed E-state index contributed by atoms with van der Waals surface area (Å²) in [6.07, 6.45) is 1.61. The monoisotopic (exact) mass is 377 g/mol. The Labute approximate surface area is 140 Å². The zero-order chi connectivity index (χ0) is 15.7. The molecular weight excluding hydrogens is 366 g/mol. The fourth-order valence-electron chi connectivity index (χ4n) is 2.13. The van der Waals surface area contributed by atoms with E-state index in [1.54, 1.807) is 19.1 Å². The standard InChI is InChI=1S/C16H12BrNO3S/c1-2-18-15(19)14(22-16(18)20)9-12-6-7-13(21-12)10-4-3-5-11(17)8-10/h3-9H,2H2,1H3/b14-9+. The van der Waals surface area contributed by atoms with Crippen LogP contribution < -0.4 is 0 Å². The van der Waals surface area contributed by atoms with E-state index in [0.717, 1.165) is 21.8 Å². The molecule has 1 aromatic carbocycles. The Bertz CT molecular complexity index is 781. The topological polar surface area (TPSA) is 50.5 Å². The predicted molar refractivity (Wildman–Crippen MR) is 90.2 cm³/mol. The van der Waals surface area contributed by atoms with Crippen LogP contribution in [0.4, 0.5) is 4.79 Å².